The van der Waals surface area contributed by atoms with E-state index in [1.54, 1.807) is 0 Å². The van der Waals surface area contributed by atoms with E-state index in [0.29, 0.717) is 12.2 Å². The van der Waals surface area contributed by atoms with Gasteiger partial charge in [0.15, 0.2) is 0 Å². The highest BCUT2D eigenvalue weighted by molar-refractivity contribution is 5.92. The highest BCUT2D eigenvalue weighted by Gasteiger charge is 2.14. The second-order valence-corrected chi connectivity index (χ2v) is 6.06. The molecule has 0 aliphatic heterocycles. The van der Waals surface area contributed by atoms with Crippen molar-refractivity contribution in [1.29, 1.82) is 0 Å². The van der Waals surface area contributed by atoms with Gasteiger partial charge in [0, 0.05) is 5.56 Å². The largest absolute Gasteiger partial charge is 0.488 e. The number of hydrogen-bond acceptors (Lipinski definition) is 2. The molecule has 25 heavy (non-hydrogen) atoms. The summed E-state index contributed by atoms with van der Waals surface area (Å²) in [4.78, 5) is 11.4. The highest BCUT2D eigenvalue weighted by Crippen LogP contribution is 2.33. The number of aryl methyl sites for hydroxylation is 2. The van der Waals surface area contributed by atoms with Crippen molar-refractivity contribution < 1.29 is 14.6 Å². The zero-order chi connectivity index (χ0) is 17.8. The predicted octanol–water partition coefficient (Wildman–Crippen LogP) is 5.25. The van der Waals surface area contributed by atoms with E-state index in [4.69, 9.17) is 4.74 Å². The summed E-state index contributed by atoms with van der Waals surface area (Å²) in [6.45, 7) is 4.14. The van der Waals surface area contributed by atoms with Gasteiger partial charge in [0.25, 0.3) is 0 Å². The fraction of sp³-hybridized carbons (Fsp3) is 0.136. The van der Waals surface area contributed by atoms with E-state index in [9.17, 15) is 9.90 Å². The first-order valence-electron chi connectivity index (χ1n) is 8.17. The van der Waals surface area contributed by atoms with Crippen molar-refractivity contribution >= 4 is 5.97 Å². The summed E-state index contributed by atoms with van der Waals surface area (Å²) in [5.41, 5.74) is 4.89. The molecular weight excluding hydrogens is 312 g/mol. The van der Waals surface area contributed by atoms with Gasteiger partial charge in [-0.1, -0.05) is 60.7 Å². The maximum Gasteiger partial charge on any atom is 0.336 e. The van der Waals surface area contributed by atoms with E-state index in [2.05, 4.69) is 0 Å². The van der Waals surface area contributed by atoms with Crippen molar-refractivity contribution in [2.24, 2.45) is 0 Å². The molecule has 0 unspecified atom stereocenters. The van der Waals surface area contributed by atoms with Crippen LogP contribution in [0.25, 0.3) is 11.1 Å². The van der Waals surface area contributed by atoms with Crippen LogP contribution in [0.1, 0.15) is 27.0 Å². The smallest absolute Gasteiger partial charge is 0.336 e. The Morgan fingerprint density at radius 2 is 1.52 bits per heavy atom. The van der Waals surface area contributed by atoms with Gasteiger partial charge in [0.1, 0.15) is 12.4 Å². The van der Waals surface area contributed by atoms with Crippen LogP contribution in [-0.4, -0.2) is 11.1 Å². The molecule has 0 saturated heterocycles. The second-order valence-electron chi connectivity index (χ2n) is 6.06. The number of rotatable bonds is 5. The summed E-state index contributed by atoms with van der Waals surface area (Å²) >= 11 is 0. The predicted molar refractivity (Wildman–Crippen MR) is 99.1 cm³/mol. The zero-order valence-corrected chi connectivity index (χ0v) is 14.3. The molecule has 0 aliphatic carbocycles. The van der Waals surface area contributed by atoms with Gasteiger partial charge in [-0.25, -0.2) is 4.79 Å². The summed E-state index contributed by atoms with van der Waals surface area (Å²) < 4.78 is 6.02. The number of ether oxygens (including phenoxy) is 1. The molecule has 0 bridgehead atoms. The van der Waals surface area contributed by atoms with Crippen LogP contribution < -0.4 is 4.74 Å². The number of para-hydroxylation sites is 1. The van der Waals surface area contributed by atoms with Crippen molar-refractivity contribution in [3.05, 3.63) is 89.0 Å². The van der Waals surface area contributed by atoms with Gasteiger partial charge in [-0.05, 0) is 42.2 Å². The lowest BCUT2D eigenvalue weighted by Crippen LogP contribution is -2.03. The van der Waals surface area contributed by atoms with Gasteiger partial charge in [-0.15, -0.1) is 0 Å². The minimum atomic E-state index is -0.893. The van der Waals surface area contributed by atoms with Crippen molar-refractivity contribution in [2.45, 2.75) is 20.5 Å². The highest BCUT2D eigenvalue weighted by atomic mass is 16.5. The van der Waals surface area contributed by atoms with Gasteiger partial charge in [-0.2, -0.15) is 0 Å². The molecule has 3 aromatic rings. The van der Waals surface area contributed by atoms with Gasteiger partial charge in [-0.3, -0.25) is 0 Å². The van der Waals surface area contributed by atoms with E-state index in [0.717, 1.165) is 33.6 Å². The van der Waals surface area contributed by atoms with Crippen LogP contribution in [0.2, 0.25) is 0 Å². The minimum Gasteiger partial charge on any atom is -0.488 e. The van der Waals surface area contributed by atoms with Crippen LogP contribution in [0.3, 0.4) is 0 Å². The summed E-state index contributed by atoms with van der Waals surface area (Å²) in [6, 6.07) is 21.6. The molecule has 0 aliphatic rings. The lowest BCUT2D eigenvalue weighted by molar-refractivity contribution is 0.0695. The normalized spacial score (nSPS) is 10.5. The number of carboxylic acid groups (broad SMARTS) is 1. The van der Waals surface area contributed by atoms with Crippen LogP contribution in [0.15, 0.2) is 66.7 Å². The van der Waals surface area contributed by atoms with Gasteiger partial charge >= 0.3 is 5.97 Å². The number of hydrogen-bond donors (Lipinski definition) is 1. The fourth-order valence-electron chi connectivity index (χ4n) is 3.02. The van der Waals surface area contributed by atoms with Gasteiger partial charge in [0.2, 0.25) is 0 Å². The molecule has 3 aromatic carbocycles. The van der Waals surface area contributed by atoms with E-state index in [-0.39, 0.29) is 0 Å². The van der Waals surface area contributed by atoms with E-state index >= 15 is 0 Å². The Balaban J connectivity index is 1.94. The first-order valence-corrected chi connectivity index (χ1v) is 8.17. The summed E-state index contributed by atoms with van der Waals surface area (Å²) in [6.07, 6.45) is 0. The average Bonchev–Trinajstić information content (AvgIpc) is 2.60. The third-order valence-electron chi connectivity index (χ3n) is 4.18. The molecule has 0 saturated carbocycles. The monoisotopic (exact) mass is 332 g/mol. The van der Waals surface area contributed by atoms with Crippen molar-refractivity contribution in [2.75, 3.05) is 0 Å². The molecule has 3 rings (SSSR count). The summed E-state index contributed by atoms with van der Waals surface area (Å²) in [7, 11) is 0. The molecule has 126 valence electrons. The topological polar surface area (TPSA) is 46.5 Å². The standard InChI is InChI=1S/C22H20O3/c1-15-12-18(13-16(2)21(15)22(23)24)19-10-6-7-11-20(19)25-14-17-8-4-3-5-9-17/h3-13H,14H2,1-2H3,(H,23,24). The van der Waals surface area contributed by atoms with E-state index in [1.807, 2.05) is 80.6 Å². The Kier molecular flexibility index (Phi) is 4.85. The second kappa shape index (κ2) is 7.22. The molecule has 0 aromatic heterocycles. The Morgan fingerprint density at radius 3 is 2.16 bits per heavy atom. The molecule has 3 heteroatoms. The maximum atomic E-state index is 11.4. The number of carbonyl (C=O) groups is 1. The number of benzene rings is 3. The fourth-order valence-corrected chi connectivity index (χ4v) is 3.02. The molecule has 0 fully saturated rings. The SMILES string of the molecule is Cc1cc(-c2ccccc2OCc2ccccc2)cc(C)c1C(=O)O. The lowest BCUT2D eigenvalue weighted by atomic mass is 9.95. The van der Waals surface area contributed by atoms with E-state index < -0.39 is 5.97 Å². The third kappa shape index (κ3) is 3.72. The zero-order valence-electron chi connectivity index (χ0n) is 14.3. The van der Waals surface area contributed by atoms with Crippen molar-refractivity contribution in [1.82, 2.24) is 0 Å². The molecule has 0 amide bonds. The van der Waals surface area contributed by atoms with Gasteiger partial charge < -0.3 is 9.84 Å². The van der Waals surface area contributed by atoms with Crippen LogP contribution in [-0.2, 0) is 6.61 Å². The minimum absolute atomic E-state index is 0.367. The molecule has 0 atom stereocenters. The average molecular weight is 332 g/mol. The van der Waals surface area contributed by atoms with Crippen LogP contribution >= 0.6 is 0 Å². The maximum absolute atomic E-state index is 11.4. The summed E-state index contributed by atoms with van der Waals surface area (Å²) in [5, 5.41) is 9.35. The Hall–Kier alpha value is -3.07. The first-order chi connectivity index (χ1) is 12.1. The first kappa shape index (κ1) is 16.8. The third-order valence-corrected chi connectivity index (χ3v) is 4.18. The van der Waals surface area contributed by atoms with E-state index in [1.165, 1.54) is 0 Å². The van der Waals surface area contributed by atoms with Gasteiger partial charge in [0.05, 0.1) is 5.56 Å². The molecule has 0 radical (unpaired) electrons. The lowest BCUT2D eigenvalue weighted by Gasteiger charge is -2.14. The molecule has 3 nitrogen and oxygen atoms in total. The Morgan fingerprint density at radius 1 is 0.920 bits per heavy atom. The van der Waals surface area contributed by atoms with Crippen molar-refractivity contribution in [3.8, 4) is 16.9 Å². The molecule has 0 spiro atoms. The molecular formula is C22H20O3. The quantitative estimate of drug-likeness (QED) is 0.694. The Bertz CT molecular complexity index is 875. The van der Waals surface area contributed by atoms with Crippen LogP contribution in [0.5, 0.6) is 5.75 Å². The molecule has 0 heterocycles. The summed E-state index contributed by atoms with van der Waals surface area (Å²) in [5.74, 6) is -0.108. The van der Waals surface area contributed by atoms with Crippen LogP contribution in [0.4, 0.5) is 0 Å². The number of carboxylic acids is 1. The van der Waals surface area contributed by atoms with Crippen molar-refractivity contribution in [3.63, 3.8) is 0 Å². The molecule has 1 N–H and O–H groups in total. The number of aromatic carboxylic acids is 1. The van der Waals surface area contributed by atoms with Crippen LogP contribution in [0, 0.1) is 13.8 Å². The Labute approximate surface area is 147 Å².